The fourth-order valence-electron chi connectivity index (χ4n) is 5.80. The van der Waals surface area contributed by atoms with Crippen molar-refractivity contribution >= 4 is 11.1 Å². The van der Waals surface area contributed by atoms with E-state index in [1.54, 1.807) is 0 Å². The van der Waals surface area contributed by atoms with Gasteiger partial charge in [-0.25, -0.2) is 0 Å². The fourth-order valence-corrected chi connectivity index (χ4v) is 5.80. The van der Waals surface area contributed by atoms with Gasteiger partial charge in [0.25, 0.3) is 0 Å². The Morgan fingerprint density at radius 2 is 1.23 bits per heavy atom. The van der Waals surface area contributed by atoms with Crippen molar-refractivity contribution < 1.29 is 0 Å². The predicted octanol–water partition coefficient (Wildman–Crippen LogP) is 10.5. The van der Waals surface area contributed by atoms with E-state index in [1.807, 2.05) is 36.9 Å². The zero-order valence-corrected chi connectivity index (χ0v) is 25.0. The molecule has 0 amide bonds. The minimum Gasteiger partial charge on any atom is -0.264 e. The Hall–Kier alpha value is -4.82. The van der Waals surface area contributed by atoms with Crippen LogP contribution in [0, 0.1) is 11.8 Å². The summed E-state index contributed by atoms with van der Waals surface area (Å²) in [7, 11) is 0. The molecule has 0 fully saturated rings. The van der Waals surface area contributed by atoms with Crippen LogP contribution >= 0.6 is 0 Å². The molecule has 0 saturated heterocycles. The van der Waals surface area contributed by atoms with Gasteiger partial charge in [-0.05, 0) is 99.9 Å². The van der Waals surface area contributed by atoms with Gasteiger partial charge >= 0.3 is 0 Å². The molecule has 0 spiro atoms. The number of pyridine rings is 2. The molecule has 0 aliphatic heterocycles. The van der Waals surface area contributed by atoms with Crippen LogP contribution in [0.5, 0.6) is 0 Å². The van der Waals surface area contributed by atoms with Crippen molar-refractivity contribution in [1.82, 2.24) is 9.97 Å². The first-order valence-electron chi connectivity index (χ1n) is 15.3. The van der Waals surface area contributed by atoms with Crippen LogP contribution in [0.3, 0.4) is 0 Å². The number of benzene rings is 2. The van der Waals surface area contributed by atoms with Gasteiger partial charge in [-0.3, -0.25) is 9.97 Å². The van der Waals surface area contributed by atoms with Crippen LogP contribution in [0.2, 0.25) is 0 Å². The van der Waals surface area contributed by atoms with Gasteiger partial charge in [-0.2, -0.15) is 0 Å². The topological polar surface area (TPSA) is 25.8 Å². The second-order valence-electron chi connectivity index (χ2n) is 11.7. The van der Waals surface area contributed by atoms with Crippen LogP contribution in [-0.2, 0) is 6.42 Å². The third-order valence-corrected chi connectivity index (χ3v) is 8.07. The van der Waals surface area contributed by atoms with Gasteiger partial charge in [-0.1, -0.05) is 111 Å². The van der Waals surface area contributed by atoms with E-state index < -0.39 is 0 Å². The van der Waals surface area contributed by atoms with Crippen LogP contribution in [0.1, 0.15) is 48.9 Å². The second-order valence-corrected chi connectivity index (χ2v) is 11.7. The molecule has 0 saturated carbocycles. The first-order chi connectivity index (χ1) is 21.1. The molecule has 2 aliphatic rings. The molecule has 6 rings (SSSR count). The molecule has 2 aliphatic carbocycles. The summed E-state index contributed by atoms with van der Waals surface area (Å²) >= 11 is 0. The molecule has 0 N–H and O–H groups in total. The van der Waals surface area contributed by atoms with E-state index in [9.17, 15) is 0 Å². The summed E-state index contributed by atoms with van der Waals surface area (Å²) in [5.41, 5.74) is 12.1. The van der Waals surface area contributed by atoms with Crippen LogP contribution < -0.4 is 0 Å². The third kappa shape index (κ3) is 7.34. The lowest BCUT2D eigenvalue weighted by atomic mass is 9.89. The number of aromatic nitrogens is 2. The normalized spacial score (nSPS) is 18.3. The number of rotatable bonds is 6. The minimum absolute atomic E-state index is 0.475. The van der Waals surface area contributed by atoms with Gasteiger partial charge in [-0.15, -0.1) is 0 Å². The van der Waals surface area contributed by atoms with E-state index in [-0.39, 0.29) is 0 Å². The molecule has 2 aromatic heterocycles. The molecule has 2 atom stereocenters. The Morgan fingerprint density at radius 1 is 0.605 bits per heavy atom. The molecule has 43 heavy (non-hydrogen) atoms. The highest BCUT2D eigenvalue weighted by molar-refractivity contribution is 5.81. The van der Waals surface area contributed by atoms with Crippen molar-refractivity contribution in [2.45, 2.75) is 33.1 Å². The summed E-state index contributed by atoms with van der Waals surface area (Å²) in [4.78, 5) is 8.84. The van der Waals surface area contributed by atoms with Crippen molar-refractivity contribution in [1.29, 1.82) is 0 Å². The number of hydrogen-bond acceptors (Lipinski definition) is 2. The maximum absolute atomic E-state index is 4.42. The van der Waals surface area contributed by atoms with Gasteiger partial charge < -0.3 is 0 Å². The molecule has 2 heterocycles. The average Bonchev–Trinajstić information content (AvgIpc) is 3.01. The lowest BCUT2D eigenvalue weighted by Gasteiger charge is -2.15. The van der Waals surface area contributed by atoms with E-state index in [1.165, 1.54) is 44.5 Å². The van der Waals surface area contributed by atoms with Crippen molar-refractivity contribution in [2.75, 3.05) is 0 Å². The van der Waals surface area contributed by atoms with E-state index in [2.05, 4.69) is 133 Å². The first-order valence-corrected chi connectivity index (χ1v) is 15.3. The van der Waals surface area contributed by atoms with E-state index in [4.69, 9.17) is 0 Å². The van der Waals surface area contributed by atoms with Crippen LogP contribution in [0.4, 0.5) is 0 Å². The second kappa shape index (κ2) is 13.4. The Morgan fingerprint density at radius 3 is 1.88 bits per heavy atom. The summed E-state index contributed by atoms with van der Waals surface area (Å²) in [6.45, 7) is 4.55. The lowest BCUT2D eigenvalue weighted by Crippen LogP contribution is -1.97. The van der Waals surface area contributed by atoms with Crippen molar-refractivity contribution in [3.05, 3.63) is 168 Å². The zero-order chi connectivity index (χ0) is 29.4. The summed E-state index contributed by atoms with van der Waals surface area (Å²) in [6.07, 6.45) is 33.0. The first kappa shape index (κ1) is 28.3. The molecule has 212 valence electrons. The van der Waals surface area contributed by atoms with Crippen LogP contribution in [-0.4, -0.2) is 9.97 Å². The van der Waals surface area contributed by atoms with Crippen LogP contribution in [0.25, 0.3) is 33.4 Å². The largest absolute Gasteiger partial charge is 0.264 e. The minimum atomic E-state index is 0.475. The highest BCUT2D eigenvalue weighted by atomic mass is 14.6. The molecular formula is C41H38N2. The monoisotopic (exact) mass is 558 g/mol. The van der Waals surface area contributed by atoms with E-state index in [0.29, 0.717) is 11.8 Å². The molecule has 0 radical (unpaired) electrons. The van der Waals surface area contributed by atoms with E-state index in [0.717, 1.165) is 30.4 Å². The quantitative estimate of drug-likeness (QED) is 0.235. The molecule has 4 aromatic rings. The highest BCUT2D eigenvalue weighted by Gasteiger charge is 2.12. The van der Waals surface area contributed by atoms with Crippen molar-refractivity contribution in [3.8, 4) is 22.3 Å². The van der Waals surface area contributed by atoms with Crippen LogP contribution in [0.15, 0.2) is 146 Å². The molecular weight excluding hydrogens is 520 g/mol. The smallest absolute Gasteiger partial charge is 0.0346 e. The molecule has 0 bridgehead atoms. The molecule has 2 nitrogen and oxygen atoms in total. The average molecular weight is 559 g/mol. The summed E-state index contributed by atoms with van der Waals surface area (Å²) in [5.74, 6) is 1.02. The summed E-state index contributed by atoms with van der Waals surface area (Å²) in [5, 5.41) is 0. The molecule has 2 unspecified atom stereocenters. The molecule has 2 aromatic carbocycles. The Bertz CT molecular complexity index is 1750. The maximum atomic E-state index is 4.42. The SMILES string of the molecule is CC1C=CC=C(c2cc(Cc3cc(C4=CC(C)CC=CC=C4)cc(-c4cccnc4)c3)cc(-c3cccnc3)c2)C=CC1. The number of allylic oxidation sites excluding steroid dienone is 12. The maximum Gasteiger partial charge on any atom is 0.0346 e. The molecule has 2 heteroatoms. The van der Waals surface area contributed by atoms with Gasteiger partial charge in [0.05, 0.1) is 0 Å². The highest BCUT2D eigenvalue weighted by Crippen LogP contribution is 2.32. The summed E-state index contributed by atoms with van der Waals surface area (Å²) < 4.78 is 0. The number of nitrogens with zero attached hydrogens (tertiary/aromatic N) is 2. The Labute approximate surface area is 256 Å². The summed E-state index contributed by atoms with van der Waals surface area (Å²) in [6, 6.07) is 22.3. The van der Waals surface area contributed by atoms with Crippen molar-refractivity contribution in [2.24, 2.45) is 11.8 Å². The van der Waals surface area contributed by atoms with Gasteiger partial charge in [0.2, 0.25) is 0 Å². The van der Waals surface area contributed by atoms with Gasteiger partial charge in [0.1, 0.15) is 0 Å². The Kier molecular flexibility index (Phi) is 8.85. The lowest BCUT2D eigenvalue weighted by molar-refractivity contribution is 0.744. The van der Waals surface area contributed by atoms with Gasteiger partial charge in [0.15, 0.2) is 0 Å². The Balaban J connectivity index is 1.46. The predicted molar refractivity (Wildman–Crippen MR) is 182 cm³/mol. The zero-order valence-electron chi connectivity index (χ0n) is 25.0. The van der Waals surface area contributed by atoms with Gasteiger partial charge in [0, 0.05) is 35.9 Å². The fraction of sp³-hybridized carbons (Fsp3) is 0.171. The number of hydrogen-bond donors (Lipinski definition) is 0. The van der Waals surface area contributed by atoms with E-state index >= 15 is 0 Å². The van der Waals surface area contributed by atoms with Crippen molar-refractivity contribution in [3.63, 3.8) is 0 Å². The standard InChI is InChI=1S/C41H38N2/c1-30-11-6-14-34(15-7-12-30)38-22-32(24-40(26-38)36-16-8-18-42-28-36)21-33-23-39(35-13-5-3-4-10-31(2)20-35)27-41(25-33)37-17-9-19-43-29-37/h3-9,11,13-20,22-31H,10,12,21H2,1-2H3. The third-order valence-electron chi connectivity index (χ3n) is 8.07.